The van der Waals surface area contributed by atoms with Crippen molar-refractivity contribution in [1.82, 2.24) is 9.88 Å². The van der Waals surface area contributed by atoms with Crippen LogP contribution in [0, 0.1) is 0 Å². The van der Waals surface area contributed by atoms with E-state index < -0.39 is 11.5 Å². The van der Waals surface area contributed by atoms with Crippen LogP contribution in [0.15, 0.2) is 41.3 Å². The first-order chi connectivity index (χ1) is 11.5. The van der Waals surface area contributed by atoms with E-state index in [-0.39, 0.29) is 5.91 Å². The number of aliphatic carboxylic acids is 1. The molecule has 24 heavy (non-hydrogen) atoms. The van der Waals surface area contributed by atoms with Crippen molar-refractivity contribution in [3.05, 3.63) is 42.4 Å². The zero-order chi connectivity index (χ0) is 17.2. The molecule has 1 heterocycles. The normalized spacial score (nSPS) is 16.5. The van der Waals surface area contributed by atoms with E-state index in [0.717, 1.165) is 24.8 Å². The van der Waals surface area contributed by atoms with E-state index in [9.17, 15) is 14.7 Å². The summed E-state index contributed by atoms with van der Waals surface area (Å²) in [6.07, 6.45) is 6.62. The van der Waals surface area contributed by atoms with Crippen molar-refractivity contribution < 1.29 is 19.1 Å². The first-order valence-electron chi connectivity index (χ1n) is 8.05. The van der Waals surface area contributed by atoms with Gasteiger partial charge in [0.05, 0.1) is 6.20 Å². The summed E-state index contributed by atoms with van der Waals surface area (Å²) in [6, 6.07) is 6.93. The van der Waals surface area contributed by atoms with Crippen molar-refractivity contribution in [3.8, 4) is 11.3 Å². The van der Waals surface area contributed by atoms with Crippen LogP contribution in [0.1, 0.15) is 42.5 Å². The summed E-state index contributed by atoms with van der Waals surface area (Å²) in [6.45, 7) is 0. The van der Waals surface area contributed by atoms with E-state index in [1.54, 1.807) is 37.5 Å². The van der Waals surface area contributed by atoms with Gasteiger partial charge < -0.3 is 14.4 Å². The molecule has 1 fully saturated rings. The third-order valence-electron chi connectivity index (χ3n) is 4.87. The van der Waals surface area contributed by atoms with Gasteiger partial charge in [-0.2, -0.15) is 0 Å². The van der Waals surface area contributed by atoms with Crippen molar-refractivity contribution >= 4 is 11.9 Å². The molecular weight excluding hydrogens is 308 g/mol. The molecule has 1 aromatic heterocycles. The molecule has 1 amide bonds. The van der Waals surface area contributed by atoms with Crippen LogP contribution < -0.4 is 0 Å². The quantitative estimate of drug-likeness (QED) is 0.932. The van der Waals surface area contributed by atoms with E-state index >= 15 is 0 Å². The molecule has 0 unspecified atom stereocenters. The van der Waals surface area contributed by atoms with E-state index in [1.807, 2.05) is 0 Å². The van der Waals surface area contributed by atoms with Crippen molar-refractivity contribution in [3.63, 3.8) is 0 Å². The SMILES string of the molecule is CN(C(=O)c1ccc(-c2cnco2)cc1)C1(C(=O)O)CCCCC1. The number of carbonyl (C=O) groups is 2. The fourth-order valence-corrected chi connectivity index (χ4v) is 3.35. The van der Waals surface area contributed by atoms with Crippen LogP contribution in [0.2, 0.25) is 0 Å². The van der Waals surface area contributed by atoms with Crippen LogP contribution in [-0.2, 0) is 4.79 Å². The number of oxazole rings is 1. The minimum Gasteiger partial charge on any atom is -0.479 e. The van der Waals surface area contributed by atoms with E-state index in [1.165, 1.54) is 11.3 Å². The van der Waals surface area contributed by atoms with Gasteiger partial charge in [-0.1, -0.05) is 31.4 Å². The van der Waals surface area contributed by atoms with Crippen LogP contribution in [0.4, 0.5) is 0 Å². The van der Waals surface area contributed by atoms with Gasteiger partial charge in [0.25, 0.3) is 5.91 Å². The molecule has 1 saturated carbocycles. The highest BCUT2D eigenvalue weighted by atomic mass is 16.4. The maximum Gasteiger partial charge on any atom is 0.329 e. The largest absolute Gasteiger partial charge is 0.479 e. The smallest absolute Gasteiger partial charge is 0.329 e. The first-order valence-corrected chi connectivity index (χ1v) is 8.05. The molecule has 126 valence electrons. The topological polar surface area (TPSA) is 83.6 Å². The molecule has 0 radical (unpaired) electrons. The lowest BCUT2D eigenvalue weighted by atomic mass is 9.80. The second-order valence-corrected chi connectivity index (χ2v) is 6.20. The first kappa shape index (κ1) is 16.2. The molecule has 1 aliphatic carbocycles. The molecule has 1 aliphatic rings. The van der Waals surface area contributed by atoms with Crippen LogP contribution in [0.25, 0.3) is 11.3 Å². The summed E-state index contributed by atoms with van der Waals surface area (Å²) in [5, 5.41) is 9.71. The van der Waals surface area contributed by atoms with Gasteiger partial charge in [0.2, 0.25) is 0 Å². The number of hydrogen-bond donors (Lipinski definition) is 1. The Bertz CT molecular complexity index is 716. The van der Waals surface area contributed by atoms with E-state index in [4.69, 9.17) is 4.42 Å². The maximum absolute atomic E-state index is 12.8. The number of carboxylic acid groups (broad SMARTS) is 1. The molecule has 1 N–H and O–H groups in total. The molecule has 0 saturated heterocycles. The second kappa shape index (κ2) is 6.47. The van der Waals surface area contributed by atoms with Crippen molar-refractivity contribution in [2.75, 3.05) is 7.05 Å². The van der Waals surface area contributed by atoms with Crippen LogP contribution >= 0.6 is 0 Å². The van der Waals surface area contributed by atoms with E-state index in [2.05, 4.69) is 4.98 Å². The number of rotatable bonds is 4. The van der Waals surface area contributed by atoms with Crippen LogP contribution in [0.3, 0.4) is 0 Å². The van der Waals surface area contributed by atoms with Gasteiger partial charge in [-0.25, -0.2) is 9.78 Å². The predicted molar refractivity (Wildman–Crippen MR) is 87.5 cm³/mol. The summed E-state index contributed by atoms with van der Waals surface area (Å²) in [5.74, 6) is -0.573. The van der Waals surface area contributed by atoms with Gasteiger partial charge in [-0.3, -0.25) is 4.79 Å². The average Bonchev–Trinajstić information content (AvgIpc) is 3.15. The Balaban J connectivity index is 1.83. The van der Waals surface area contributed by atoms with Crippen molar-refractivity contribution in [2.45, 2.75) is 37.6 Å². The number of hydrogen-bond acceptors (Lipinski definition) is 4. The number of amides is 1. The Morgan fingerprint density at radius 2 is 1.83 bits per heavy atom. The summed E-state index contributed by atoms with van der Waals surface area (Å²) in [4.78, 5) is 29.9. The molecule has 3 rings (SSSR count). The number of aromatic nitrogens is 1. The maximum atomic E-state index is 12.8. The molecule has 0 aliphatic heterocycles. The highest BCUT2D eigenvalue weighted by Crippen LogP contribution is 2.34. The van der Waals surface area contributed by atoms with Crippen LogP contribution in [0.5, 0.6) is 0 Å². The summed E-state index contributed by atoms with van der Waals surface area (Å²) in [5.41, 5.74) is 0.183. The third kappa shape index (κ3) is 2.79. The number of carbonyl (C=O) groups excluding carboxylic acids is 1. The molecular formula is C18H20N2O4. The lowest BCUT2D eigenvalue weighted by Crippen LogP contribution is -2.56. The van der Waals surface area contributed by atoms with E-state index in [0.29, 0.717) is 24.2 Å². The average molecular weight is 328 g/mol. The van der Waals surface area contributed by atoms with Gasteiger partial charge >= 0.3 is 5.97 Å². The minimum absolute atomic E-state index is 0.275. The standard InChI is InChI=1S/C18H20N2O4/c1-20(18(17(22)23)9-3-2-4-10-18)16(21)14-7-5-13(6-8-14)15-11-19-12-24-15/h5-8,11-12H,2-4,9-10H2,1H3,(H,22,23). The van der Waals surface area contributed by atoms with Crippen LogP contribution in [-0.4, -0.2) is 39.5 Å². The Labute approximate surface area is 140 Å². The Morgan fingerprint density at radius 1 is 1.17 bits per heavy atom. The monoisotopic (exact) mass is 328 g/mol. The number of likely N-dealkylation sites (N-methyl/N-ethyl adjacent to an activating group) is 1. The van der Waals surface area contributed by atoms with Gasteiger partial charge in [-0.05, 0) is 25.0 Å². The number of carboxylic acids is 1. The molecule has 0 spiro atoms. The summed E-state index contributed by atoms with van der Waals surface area (Å²) in [7, 11) is 1.59. The second-order valence-electron chi connectivity index (χ2n) is 6.20. The van der Waals surface area contributed by atoms with Crippen molar-refractivity contribution in [2.24, 2.45) is 0 Å². The zero-order valence-corrected chi connectivity index (χ0v) is 13.6. The molecule has 6 nitrogen and oxygen atoms in total. The van der Waals surface area contributed by atoms with Gasteiger partial charge in [0, 0.05) is 18.2 Å². The molecule has 0 atom stereocenters. The Hall–Kier alpha value is -2.63. The zero-order valence-electron chi connectivity index (χ0n) is 13.6. The van der Waals surface area contributed by atoms with Gasteiger partial charge in [-0.15, -0.1) is 0 Å². The lowest BCUT2D eigenvalue weighted by molar-refractivity contribution is -0.151. The predicted octanol–water partition coefficient (Wildman–Crippen LogP) is 3.20. The fraction of sp³-hybridized carbons (Fsp3) is 0.389. The third-order valence-corrected chi connectivity index (χ3v) is 4.87. The highest BCUT2D eigenvalue weighted by molar-refractivity contribution is 5.98. The molecule has 0 bridgehead atoms. The fourth-order valence-electron chi connectivity index (χ4n) is 3.35. The Morgan fingerprint density at radius 3 is 2.38 bits per heavy atom. The molecule has 1 aromatic carbocycles. The van der Waals surface area contributed by atoms with Crippen molar-refractivity contribution in [1.29, 1.82) is 0 Å². The lowest BCUT2D eigenvalue weighted by Gasteiger charge is -2.41. The molecule has 2 aromatic rings. The highest BCUT2D eigenvalue weighted by Gasteiger charge is 2.45. The number of benzene rings is 1. The number of nitrogens with zero attached hydrogens (tertiary/aromatic N) is 2. The van der Waals surface area contributed by atoms with Gasteiger partial charge in [0.1, 0.15) is 5.54 Å². The summed E-state index contributed by atoms with van der Waals surface area (Å²) < 4.78 is 5.23. The summed E-state index contributed by atoms with van der Waals surface area (Å²) >= 11 is 0. The Kier molecular flexibility index (Phi) is 4.38. The molecule has 6 heteroatoms. The minimum atomic E-state index is -1.10. The van der Waals surface area contributed by atoms with Gasteiger partial charge in [0.15, 0.2) is 12.2 Å².